The summed E-state index contributed by atoms with van der Waals surface area (Å²) >= 11 is 0. The lowest BCUT2D eigenvalue weighted by Crippen LogP contribution is -2.40. The summed E-state index contributed by atoms with van der Waals surface area (Å²) in [5.41, 5.74) is 5.13. The maximum Gasteiger partial charge on any atom is 0.269 e. The predicted molar refractivity (Wildman–Crippen MR) is 111 cm³/mol. The maximum absolute atomic E-state index is 9.52. The second-order valence-electron chi connectivity index (χ2n) is 8.87. The topological polar surface area (TPSA) is 8.81 Å². The van der Waals surface area contributed by atoms with Gasteiger partial charge in [-0.3, -0.25) is 0 Å². The zero-order chi connectivity index (χ0) is 19.3. The fourth-order valence-corrected chi connectivity index (χ4v) is 5.83. The van der Waals surface area contributed by atoms with Crippen LogP contribution in [0.2, 0.25) is 0 Å². The number of rotatable bonds is 3. The molecule has 2 heterocycles. The van der Waals surface area contributed by atoms with E-state index in [-0.39, 0.29) is 0 Å². The highest BCUT2D eigenvalue weighted by Crippen LogP contribution is 2.44. The normalized spacial score (nSPS) is 26.5. The number of aromatic nitrogens is 2. The summed E-state index contributed by atoms with van der Waals surface area (Å²) in [4.78, 5) is 0. The lowest BCUT2D eigenvalue weighted by molar-refractivity contribution is -0.612. The van der Waals surface area contributed by atoms with Gasteiger partial charge < -0.3 is 0 Å². The minimum absolute atomic E-state index is 0.461. The molecule has 1 atom stereocenters. The van der Waals surface area contributed by atoms with Gasteiger partial charge in [0.2, 0.25) is 0 Å². The molecule has 0 radical (unpaired) electrons. The van der Waals surface area contributed by atoms with E-state index in [1.165, 1.54) is 86.3 Å². The molecule has 1 aromatic carbocycles. The molecule has 0 bridgehead atoms. The van der Waals surface area contributed by atoms with Crippen LogP contribution in [0.3, 0.4) is 0 Å². The van der Waals surface area contributed by atoms with Crippen molar-refractivity contribution in [3.05, 3.63) is 53.1 Å². The van der Waals surface area contributed by atoms with Crippen molar-refractivity contribution in [2.24, 2.45) is 5.92 Å². The molecular formula is C25H33N2+. The lowest BCUT2D eigenvalue weighted by Gasteiger charge is -2.20. The van der Waals surface area contributed by atoms with Crippen molar-refractivity contribution in [2.75, 3.05) is 0 Å². The van der Waals surface area contributed by atoms with Crippen LogP contribution in [0.5, 0.6) is 0 Å². The van der Waals surface area contributed by atoms with Crippen LogP contribution in [0, 0.1) is 19.8 Å². The van der Waals surface area contributed by atoms with Crippen molar-refractivity contribution in [1.82, 2.24) is 4.57 Å². The third-order valence-corrected chi connectivity index (χ3v) is 7.19. The first-order chi connectivity index (χ1) is 13.6. The third kappa shape index (κ3) is 2.80. The average Bonchev–Trinajstić information content (AvgIpc) is 3.42. The SMILES string of the molecule is [2H]C1(C2CCCC2)C=Cn2c1c(C)[n+](-c1ccccc1C)c2C1CCCCC1. The van der Waals surface area contributed by atoms with Crippen LogP contribution in [0.25, 0.3) is 11.9 Å². The predicted octanol–water partition coefficient (Wildman–Crippen LogP) is 6.19. The highest BCUT2D eigenvalue weighted by Gasteiger charge is 2.42. The smallest absolute Gasteiger partial charge is 0.203 e. The van der Waals surface area contributed by atoms with E-state index in [2.05, 4.69) is 59.5 Å². The van der Waals surface area contributed by atoms with Gasteiger partial charge in [-0.25, -0.2) is 4.57 Å². The van der Waals surface area contributed by atoms with Crippen LogP contribution in [0.1, 0.15) is 93.7 Å². The molecule has 27 heavy (non-hydrogen) atoms. The molecule has 1 aliphatic heterocycles. The molecule has 0 spiro atoms. The Morgan fingerprint density at radius 3 is 2.41 bits per heavy atom. The molecule has 2 aliphatic carbocycles. The zero-order valence-corrected chi connectivity index (χ0v) is 16.9. The highest BCUT2D eigenvalue weighted by atomic mass is 15.2. The summed E-state index contributed by atoms with van der Waals surface area (Å²) < 4.78 is 14.5. The fraction of sp³-hybridized carbons (Fsp3) is 0.560. The lowest BCUT2D eigenvalue weighted by atomic mass is 9.88. The van der Waals surface area contributed by atoms with Crippen molar-refractivity contribution < 1.29 is 5.94 Å². The quantitative estimate of drug-likeness (QED) is 0.576. The Bertz CT molecular complexity index is 913. The standard InChI is InChI=1S/C25H33N2/c1-18-10-6-9-15-23(18)27-19(2)24-22(20-11-7-8-12-20)16-17-26(24)25(27)21-13-4-3-5-14-21/h6,9-10,15-17,20-22H,3-5,7-8,11-14H2,1-2H3/q+1/i22D. The molecule has 1 aromatic heterocycles. The maximum atomic E-state index is 9.52. The van der Waals surface area contributed by atoms with E-state index in [0.717, 1.165) is 0 Å². The Morgan fingerprint density at radius 2 is 1.67 bits per heavy atom. The molecule has 2 saturated carbocycles. The molecule has 142 valence electrons. The van der Waals surface area contributed by atoms with Crippen molar-refractivity contribution in [3.63, 3.8) is 0 Å². The molecule has 2 fully saturated rings. The monoisotopic (exact) mass is 362 g/mol. The summed E-state index contributed by atoms with van der Waals surface area (Å²) in [7, 11) is 0. The Balaban J connectivity index is 1.73. The first-order valence-corrected chi connectivity index (χ1v) is 11.0. The largest absolute Gasteiger partial charge is 0.269 e. The van der Waals surface area contributed by atoms with Crippen molar-refractivity contribution in [1.29, 1.82) is 0 Å². The van der Waals surface area contributed by atoms with E-state index in [0.29, 0.717) is 11.8 Å². The summed E-state index contributed by atoms with van der Waals surface area (Å²) in [5.74, 6) is 1.92. The second-order valence-corrected chi connectivity index (χ2v) is 8.87. The molecule has 0 N–H and O–H groups in total. The minimum Gasteiger partial charge on any atom is -0.203 e. The molecule has 3 aliphatic rings. The highest BCUT2D eigenvalue weighted by molar-refractivity contribution is 5.45. The number of para-hydroxylation sites is 1. The van der Waals surface area contributed by atoms with Gasteiger partial charge in [0.05, 0.1) is 12.1 Å². The van der Waals surface area contributed by atoms with Crippen LogP contribution in [0.15, 0.2) is 30.3 Å². The van der Waals surface area contributed by atoms with E-state index in [1.807, 2.05) is 0 Å². The minimum atomic E-state index is -0.558. The van der Waals surface area contributed by atoms with Gasteiger partial charge in [0, 0.05) is 14.2 Å². The van der Waals surface area contributed by atoms with Crippen LogP contribution in [-0.4, -0.2) is 4.57 Å². The van der Waals surface area contributed by atoms with E-state index < -0.39 is 5.89 Å². The van der Waals surface area contributed by atoms with Gasteiger partial charge >= 0.3 is 0 Å². The molecular weight excluding hydrogens is 328 g/mol. The summed E-state index contributed by atoms with van der Waals surface area (Å²) in [6.07, 6.45) is 16.0. The zero-order valence-electron chi connectivity index (χ0n) is 17.9. The van der Waals surface area contributed by atoms with Crippen LogP contribution in [-0.2, 0) is 0 Å². The molecule has 0 saturated heterocycles. The fourth-order valence-electron chi connectivity index (χ4n) is 5.83. The number of hydrogen-bond donors (Lipinski definition) is 0. The Morgan fingerprint density at radius 1 is 0.963 bits per heavy atom. The Kier molecular flexibility index (Phi) is 4.17. The van der Waals surface area contributed by atoms with Gasteiger partial charge in [0.25, 0.3) is 5.82 Å². The molecule has 2 aromatic rings. The van der Waals surface area contributed by atoms with Gasteiger partial charge in [-0.15, -0.1) is 0 Å². The van der Waals surface area contributed by atoms with Crippen LogP contribution in [0.4, 0.5) is 0 Å². The van der Waals surface area contributed by atoms with E-state index in [1.54, 1.807) is 0 Å². The van der Waals surface area contributed by atoms with Gasteiger partial charge in [-0.1, -0.05) is 50.3 Å². The number of nitrogens with zero attached hydrogens (tertiary/aromatic N) is 2. The number of hydrogen-bond acceptors (Lipinski definition) is 0. The van der Waals surface area contributed by atoms with Crippen LogP contribution < -0.4 is 4.57 Å². The average molecular weight is 363 g/mol. The third-order valence-electron chi connectivity index (χ3n) is 7.19. The molecule has 5 rings (SSSR count). The second kappa shape index (κ2) is 6.96. The summed E-state index contributed by atoms with van der Waals surface area (Å²) in [5, 5.41) is 0. The van der Waals surface area contributed by atoms with Crippen LogP contribution >= 0.6 is 0 Å². The van der Waals surface area contributed by atoms with Crippen molar-refractivity contribution in [3.8, 4) is 5.69 Å². The molecule has 1 unspecified atom stereocenters. The summed E-state index contributed by atoms with van der Waals surface area (Å²) in [6, 6.07) is 8.76. The Labute approximate surface area is 165 Å². The number of imidazole rings is 1. The van der Waals surface area contributed by atoms with E-state index in [9.17, 15) is 1.37 Å². The van der Waals surface area contributed by atoms with Crippen molar-refractivity contribution in [2.45, 2.75) is 83.4 Å². The van der Waals surface area contributed by atoms with Gasteiger partial charge in [-0.05, 0) is 56.2 Å². The number of allylic oxidation sites excluding steroid dienone is 1. The van der Waals surface area contributed by atoms with Crippen molar-refractivity contribution >= 4 is 6.20 Å². The molecule has 2 nitrogen and oxygen atoms in total. The number of aryl methyl sites for hydroxylation is 1. The van der Waals surface area contributed by atoms with Gasteiger partial charge in [0.1, 0.15) is 11.4 Å². The first kappa shape index (κ1) is 16.2. The molecule has 2 heteroatoms. The summed E-state index contributed by atoms with van der Waals surface area (Å²) in [6.45, 7) is 4.48. The van der Waals surface area contributed by atoms with Gasteiger partial charge in [0.15, 0.2) is 5.69 Å². The van der Waals surface area contributed by atoms with E-state index in [4.69, 9.17) is 0 Å². The number of fused-ring (bicyclic) bond motifs is 1. The Hall–Kier alpha value is -1.83. The first-order valence-electron chi connectivity index (χ1n) is 11.5. The van der Waals surface area contributed by atoms with Gasteiger partial charge in [-0.2, -0.15) is 4.57 Å². The number of benzene rings is 1. The molecule has 0 amide bonds. The van der Waals surface area contributed by atoms with E-state index >= 15 is 0 Å².